The number of hydrogen-bond acceptors (Lipinski definition) is 3. The second kappa shape index (κ2) is 4.96. The number of rotatable bonds is 6. The van der Waals surface area contributed by atoms with Gasteiger partial charge in [-0.25, -0.2) is 0 Å². The summed E-state index contributed by atoms with van der Waals surface area (Å²) in [5, 5.41) is 21.7. The lowest BCUT2D eigenvalue weighted by atomic mass is 9.80. The first kappa shape index (κ1) is 12.5. The van der Waals surface area contributed by atoms with Crippen molar-refractivity contribution in [2.45, 2.75) is 51.6 Å². The summed E-state index contributed by atoms with van der Waals surface area (Å²) in [5.41, 5.74) is -0.291. The Morgan fingerprint density at radius 1 is 1.47 bits per heavy atom. The Balaban J connectivity index is 2.15. The van der Waals surface area contributed by atoms with Crippen molar-refractivity contribution in [2.24, 2.45) is 5.41 Å². The van der Waals surface area contributed by atoms with Crippen LogP contribution < -0.4 is 5.32 Å². The van der Waals surface area contributed by atoms with E-state index in [2.05, 4.69) is 25.2 Å². The zero-order valence-electron chi connectivity index (χ0n) is 9.84. The summed E-state index contributed by atoms with van der Waals surface area (Å²) in [6.45, 7) is 5.88. The Hall–Kier alpha value is -0.590. The minimum Gasteiger partial charge on any atom is -0.389 e. The first-order chi connectivity index (χ1) is 6.97. The quantitative estimate of drug-likeness (QED) is 0.703. The summed E-state index contributed by atoms with van der Waals surface area (Å²) in [7, 11) is 0. The lowest BCUT2D eigenvalue weighted by Gasteiger charge is -2.37. The van der Waals surface area contributed by atoms with Gasteiger partial charge >= 0.3 is 0 Å². The Morgan fingerprint density at radius 2 is 2.13 bits per heavy atom. The molecule has 0 saturated heterocycles. The van der Waals surface area contributed by atoms with Crippen LogP contribution in [-0.4, -0.2) is 23.8 Å². The SMILES string of the molecule is CC(C)(CCC#N)CNCC1(O)CCC1. The van der Waals surface area contributed by atoms with Crippen molar-refractivity contribution in [3.05, 3.63) is 0 Å². The van der Waals surface area contributed by atoms with E-state index < -0.39 is 5.60 Å². The molecule has 0 radical (unpaired) electrons. The fourth-order valence-corrected chi connectivity index (χ4v) is 1.88. The van der Waals surface area contributed by atoms with Gasteiger partial charge in [-0.3, -0.25) is 0 Å². The third kappa shape index (κ3) is 4.19. The molecule has 1 fully saturated rings. The summed E-state index contributed by atoms with van der Waals surface area (Å²) in [6, 6.07) is 2.18. The topological polar surface area (TPSA) is 56.0 Å². The molecule has 0 aromatic rings. The Kier molecular flexibility index (Phi) is 4.12. The Morgan fingerprint density at radius 3 is 2.60 bits per heavy atom. The largest absolute Gasteiger partial charge is 0.389 e. The van der Waals surface area contributed by atoms with Crippen molar-refractivity contribution in [3.8, 4) is 6.07 Å². The van der Waals surface area contributed by atoms with Crippen molar-refractivity contribution in [2.75, 3.05) is 13.1 Å². The van der Waals surface area contributed by atoms with E-state index >= 15 is 0 Å². The van der Waals surface area contributed by atoms with Crippen LogP contribution in [0.3, 0.4) is 0 Å². The second-order valence-electron chi connectivity index (χ2n) is 5.50. The summed E-state index contributed by atoms with van der Waals surface area (Å²) in [5.74, 6) is 0. The van der Waals surface area contributed by atoms with Crippen molar-refractivity contribution < 1.29 is 5.11 Å². The lowest BCUT2D eigenvalue weighted by Crippen LogP contribution is -2.48. The smallest absolute Gasteiger partial charge is 0.0771 e. The molecular weight excluding hydrogens is 188 g/mol. The fourth-order valence-electron chi connectivity index (χ4n) is 1.88. The van der Waals surface area contributed by atoms with Gasteiger partial charge in [-0.05, 0) is 31.1 Å². The number of nitrogens with one attached hydrogen (secondary N) is 1. The van der Waals surface area contributed by atoms with E-state index in [4.69, 9.17) is 5.26 Å². The molecule has 3 nitrogen and oxygen atoms in total. The van der Waals surface area contributed by atoms with E-state index in [0.29, 0.717) is 13.0 Å². The van der Waals surface area contributed by atoms with Crippen LogP contribution in [0, 0.1) is 16.7 Å². The molecule has 0 aliphatic heterocycles. The molecule has 1 rings (SSSR count). The van der Waals surface area contributed by atoms with Crippen LogP contribution in [0.4, 0.5) is 0 Å². The summed E-state index contributed by atoms with van der Waals surface area (Å²) >= 11 is 0. The standard InChI is InChI=1S/C12H22N2O/c1-11(2,5-4-8-13)9-14-10-12(15)6-3-7-12/h14-15H,3-7,9-10H2,1-2H3. The van der Waals surface area contributed by atoms with Crippen molar-refractivity contribution in [3.63, 3.8) is 0 Å². The van der Waals surface area contributed by atoms with Gasteiger partial charge < -0.3 is 10.4 Å². The van der Waals surface area contributed by atoms with Gasteiger partial charge in [0.05, 0.1) is 11.7 Å². The van der Waals surface area contributed by atoms with Crippen LogP contribution in [0.5, 0.6) is 0 Å². The number of nitriles is 1. The van der Waals surface area contributed by atoms with Crippen LogP contribution in [0.1, 0.15) is 46.0 Å². The molecule has 2 N–H and O–H groups in total. The van der Waals surface area contributed by atoms with E-state index in [1.807, 2.05) is 0 Å². The first-order valence-corrected chi connectivity index (χ1v) is 5.78. The molecule has 1 aliphatic carbocycles. The highest BCUT2D eigenvalue weighted by atomic mass is 16.3. The average molecular weight is 210 g/mol. The number of nitrogens with zero attached hydrogens (tertiary/aromatic N) is 1. The molecule has 0 spiro atoms. The predicted octanol–water partition coefficient (Wildman–Crippen LogP) is 1.82. The molecule has 0 aromatic heterocycles. The van der Waals surface area contributed by atoms with E-state index in [9.17, 15) is 5.11 Å². The van der Waals surface area contributed by atoms with Crippen molar-refractivity contribution >= 4 is 0 Å². The highest BCUT2D eigenvalue weighted by Crippen LogP contribution is 2.31. The molecule has 0 unspecified atom stereocenters. The molecular formula is C12H22N2O. The highest BCUT2D eigenvalue weighted by molar-refractivity contribution is 4.90. The second-order valence-corrected chi connectivity index (χ2v) is 5.50. The van der Waals surface area contributed by atoms with Crippen molar-refractivity contribution in [1.82, 2.24) is 5.32 Å². The summed E-state index contributed by atoms with van der Waals surface area (Å²) < 4.78 is 0. The zero-order chi connectivity index (χ0) is 11.4. The minimum atomic E-state index is -0.439. The Labute approximate surface area is 92.5 Å². The monoisotopic (exact) mass is 210 g/mol. The number of hydrogen-bond donors (Lipinski definition) is 2. The molecule has 0 atom stereocenters. The number of aliphatic hydroxyl groups is 1. The van der Waals surface area contributed by atoms with Crippen LogP contribution in [0.25, 0.3) is 0 Å². The van der Waals surface area contributed by atoms with Gasteiger partial charge in [-0.2, -0.15) is 5.26 Å². The maximum atomic E-state index is 9.87. The van der Waals surface area contributed by atoms with Gasteiger partial charge in [0.1, 0.15) is 0 Å². The highest BCUT2D eigenvalue weighted by Gasteiger charge is 2.34. The zero-order valence-corrected chi connectivity index (χ0v) is 9.84. The maximum Gasteiger partial charge on any atom is 0.0771 e. The van der Waals surface area contributed by atoms with E-state index in [1.54, 1.807) is 0 Å². The van der Waals surface area contributed by atoms with Gasteiger partial charge in [-0.1, -0.05) is 13.8 Å². The first-order valence-electron chi connectivity index (χ1n) is 5.78. The molecule has 0 bridgehead atoms. The molecule has 0 amide bonds. The predicted molar refractivity (Wildman–Crippen MR) is 60.3 cm³/mol. The molecule has 86 valence electrons. The summed E-state index contributed by atoms with van der Waals surface area (Å²) in [6.07, 6.45) is 4.53. The van der Waals surface area contributed by atoms with Crippen LogP contribution in [0.15, 0.2) is 0 Å². The fraction of sp³-hybridized carbons (Fsp3) is 0.917. The lowest BCUT2D eigenvalue weighted by molar-refractivity contribution is -0.0325. The average Bonchev–Trinajstić information content (AvgIpc) is 2.12. The third-order valence-corrected chi connectivity index (χ3v) is 3.26. The van der Waals surface area contributed by atoms with Crippen LogP contribution >= 0.6 is 0 Å². The van der Waals surface area contributed by atoms with E-state index in [1.165, 1.54) is 0 Å². The maximum absolute atomic E-state index is 9.87. The molecule has 15 heavy (non-hydrogen) atoms. The van der Waals surface area contributed by atoms with E-state index in [-0.39, 0.29) is 5.41 Å². The van der Waals surface area contributed by atoms with Crippen LogP contribution in [-0.2, 0) is 0 Å². The van der Waals surface area contributed by atoms with Gasteiger partial charge in [0.2, 0.25) is 0 Å². The Bertz CT molecular complexity index is 238. The molecule has 3 heteroatoms. The normalized spacial score (nSPS) is 19.3. The van der Waals surface area contributed by atoms with Gasteiger partial charge in [0, 0.05) is 19.5 Å². The summed E-state index contributed by atoms with van der Waals surface area (Å²) in [4.78, 5) is 0. The molecule has 1 saturated carbocycles. The third-order valence-electron chi connectivity index (χ3n) is 3.26. The minimum absolute atomic E-state index is 0.149. The van der Waals surface area contributed by atoms with Gasteiger partial charge in [-0.15, -0.1) is 0 Å². The van der Waals surface area contributed by atoms with Gasteiger partial charge in [0.15, 0.2) is 0 Å². The molecule has 0 heterocycles. The molecule has 1 aliphatic rings. The molecule has 0 aromatic carbocycles. The van der Waals surface area contributed by atoms with E-state index in [0.717, 1.165) is 32.2 Å². The van der Waals surface area contributed by atoms with Crippen LogP contribution in [0.2, 0.25) is 0 Å². The van der Waals surface area contributed by atoms with Crippen molar-refractivity contribution in [1.29, 1.82) is 5.26 Å². The van der Waals surface area contributed by atoms with Gasteiger partial charge in [0.25, 0.3) is 0 Å².